The third-order valence-electron chi connectivity index (χ3n) is 2.07. The van der Waals surface area contributed by atoms with Gasteiger partial charge in [0, 0.05) is 0 Å². The molecular weight excluding hydrogens is 198 g/mol. The predicted octanol–water partition coefficient (Wildman–Crippen LogP) is 2.81. The van der Waals surface area contributed by atoms with Crippen LogP contribution in [0.3, 0.4) is 0 Å². The van der Waals surface area contributed by atoms with Crippen molar-refractivity contribution >= 4 is 11.8 Å². The highest BCUT2D eigenvalue weighted by atomic mass is 35.5. The molecule has 0 saturated heterocycles. The molecule has 0 spiro atoms. The van der Waals surface area contributed by atoms with Crippen LogP contribution in [0.2, 0.25) is 0 Å². The summed E-state index contributed by atoms with van der Waals surface area (Å²) in [6.45, 7) is 6.64. The summed E-state index contributed by atoms with van der Waals surface area (Å²) in [5.74, 6) is 0.964. The second-order valence-electron chi connectivity index (χ2n) is 3.54. The van der Waals surface area contributed by atoms with Gasteiger partial charge in [0.2, 0.25) is 0 Å². The minimum atomic E-state index is 0.149. The van der Waals surface area contributed by atoms with Crippen molar-refractivity contribution in [2.45, 2.75) is 26.8 Å². The van der Waals surface area contributed by atoms with E-state index in [1.165, 1.54) is 0 Å². The van der Waals surface area contributed by atoms with Crippen molar-refractivity contribution in [1.29, 1.82) is 0 Å². The molecule has 0 aliphatic carbocycles. The number of aryl methyl sites for hydroxylation is 2. The fraction of sp³-hybridized carbons (Fsp3) is 0.455. The molecule has 0 aromatic heterocycles. The van der Waals surface area contributed by atoms with Crippen LogP contribution in [0.5, 0.6) is 5.75 Å². The van der Waals surface area contributed by atoms with Gasteiger partial charge < -0.3 is 4.74 Å². The van der Waals surface area contributed by atoms with Crippen LogP contribution in [0.15, 0.2) is 18.2 Å². The lowest BCUT2D eigenvalue weighted by Gasteiger charge is -2.14. The molecule has 1 unspecified atom stereocenters. The molecule has 0 fully saturated rings. The van der Waals surface area contributed by atoms with Gasteiger partial charge in [-0.15, -0.1) is 0 Å². The zero-order valence-corrected chi connectivity index (χ0v) is 9.56. The molecule has 0 radical (unpaired) electrons. The van der Waals surface area contributed by atoms with Gasteiger partial charge in [0.25, 0.3) is 0 Å². The molecule has 1 aromatic rings. The number of hydrogen-bond acceptors (Lipinski definition) is 2. The van der Waals surface area contributed by atoms with Crippen LogP contribution in [-0.4, -0.2) is 12.6 Å². The monoisotopic (exact) mass is 213 g/mol. The van der Waals surface area contributed by atoms with Gasteiger partial charge in [-0.25, -0.2) is 4.84 Å². The highest BCUT2D eigenvalue weighted by Crippen LogP contribution is 2.22. The highest BCUT2D eigenvalue weighted by Gasteiger charge is 2.05. The van der Waals surface area contributed by atoms with Crippen molar-refractivity contribution in [2.75, 3.05) is 6.61 Å². The number of benzene rings is 1. The predicted molar refractivity (Wildman–Crippen MR) is 59.9 cm³/mol. The van der Waals surface area contributed by atoms with Gasteiger partial charge in [-0.1, -0.05) is 18.2 Å². The molecule has 2 nitrogen and oxygen atoms in total. The van der Waals surface area contributed by atoms with Gasteiger partial charge in [0.15, 0.2) is 0 Å². The zero-order valence-electron chi connectivity index (χ0n) is 8.80. The van der Waals surface area contributed by atoms with E-state index >= 15 is 0 Å². The van der Waals surface area contributed by atoms with Crippen molar-refractivity contribution in [3.63, 3.8) is 0 Å². The first-order valence-corrected chi connectivity index (χ1v) is 5.08. The normalized spacial score (nSPS) is 12.6. The van der Waals surface area contributed by atoms with Gasteiger partial charge >= 0.3 is 0 Å². The zero-order chi connectivity index (χ0) is 10.6. The van der Waals surface area contributed by atoms with Crippen molar-refractivity contribution in [3.8, 4) is 5.75 Å². The molecule has 0 saturated carbocycles. The third-order valence-corrected chi connectivity index (χ3v) is 2.45. The number of para-hydroxylation sites is 1. The van der Waals surface area contributed by atoms with E-state index in [0.717, 1.165) is 16.9 Å². The average Bonchev–Trinajstić information content (AvgIpc) is 2.16. The van der Waals surface area contributed by atoms with E-state index in [1.54, 1.807) is 0 Å². The van der Waals surface area contributed by atoms with Gasteiger partial charge in [-0.05, 0) is 43.7 Å². The van der Waals surface area contributed by atoms with E-state index in [9.17, 15) is 0 Å². The Kier molecular flexibility index (Phi) is 4.23. The van der Waals surface area contributed by atoms with Crippen LogP contribution in [0.4, 0.5) is 0 Å². The largest absolute Gasteiger partial charge is 0.491 e. The number of halogens is 1. The van der Waals surface area contributed by atoms with E-state index < -0.39 is 0 Å². The maximum atomic E-state index is 5.67. The van der Waals surface area contributed by atoms with Crippen molar-refractivity contribution in [1.82, 2.24) is 4.84 Å². The number of nitrogens with one attached hydrogen (secondary N) is 1. The quantitative estimate of drug-likeness (QED) is 0.777. The molecule has 1 rings (SSSR count). The molecule has 14 heavy (non-hydrogen) atoms. The van der Waals surface area contributed by atoms with Crippen LogP contribution < -0.4 is 9.57 Å². The van der Waals surface area contributed by atoms with Crippen LogP contribution in [-0.2, 0) is 0 Å². The number of hydrogen-bond donors (Lipinski definition) is 1. The SMILES string of the molecule is Cc1cccc(C)c1OCC(C)NCl. The van der Waals surface area contributed by atoms with Crippen LogP contribution in [0.25, 0.3) is 0 Å². The minimum Gasteiger partial charge on any atom is -0.491 e. The molecule has 0 aliphatic rings. The second-order valence-corrected chi connectivity index (χ2v) is 3.76. The first-order valence-electron chi connectivity index (χ1n) is 4.70. The number of rotatable bonds is 4. The fourth-order valence-corrected chi connectivity index (χ4v) is 1.33. The maximum Gasteiger partial charge on any atom is 0.125 e. The average molecular weight is 214 g/mol. The lowest BCUT2D eigenvalue weighted by molar-refractivity contribution is 0.285. The highest BCUT2D eigenvalue weighted by molar-refractivity contribution is 6.13. The van der Waals surface area contributed by atoms with E-state index in [4.69, 9.17) is 16.5 Å². The molecule has 0 aliphatic heterocycles. The molecular formula is C11H16ClNO. The van der Waals surface area contributed by atoms with Crippen molar-refractivity contribution in [2.24, 2.45) is 0 Å². The third kappa shape index (κ3) is 2.89. The Balaban J connectivity index is 2.66. The first-order chi connectivity index (χ1) is 6.65. The summed E-state index contributed by atoms with van der Waals surface area (Å²) < 4.78 is 5.67. The fourth-order valence-electron chi connectivity index (χ4n) is 1.27. The Bertz CT molecular complexity index is 281. The smallest absolute Gasteiger partial charge is 0.125 e. The van der Waals surface area contributed by atoms with Gasteiger partial charge in [-0.3, -0.25) is 0 Å². The summed E-state index contributed by atoms with van der Waals surface area (Å²) in [5, 5.41) is 0. The van der Waals surface area contributed by atoms with Gasteiger partial charge in [-0.2, -0.15) is 0 Å². The lowest BCUT2D eigenvalue weighted by Crippen LogP contribution is -2.24. The Labute approximate surface area is 90.3 Å². The Hall–Kier alpha value is -0.730. The van der Waals surface area contributed by atoms with Gasteiger partial charge in [0.1, 0.15) is 12.4 Å². The van der Waals surface area contributed by atoms with Crippen LogP contribution in [0.1, 0.15) is 18.1 Å². The molecule has 0 bridgehead atoms. The summed E-state index contributed by atoms with van der Waals surface area (Å²) in [6, 6.07) is 6.26. The van der Waals surface area contributed by atoms with Crippen LogP contribution >= 0.6 is 11.8 Å². The van der Waals surface area contributed by atoms with Gasteiger partial charge in [0.05, 0.1) is 6.04 Å². The molecule has 78 valence electrons. The molecule has 0 amide bonds. The standard InChI is InChI=1S/C11H16ClNO/c1-8-5-4-6-9(2)11(8)14-7-10(3)13-12/h4-6,10,13H,7H2,1-3H3. The van der Waals surface area contributed by atoms with Crippen LogP contribution in [0, 0.1) is 13.8 Å². The van der Waals surface area contributed by atoms with E-state index in [0.29, 0.717) is 6.61 Å². The first kappa shape index (κ1) is 11.3. The molecule has 0 heterocycles. The summed E-state index contributed by atoms with van der Waals surface area (Å²) in [5.41, 5.74) is 2.32. The maximum absolute atomic E-state index is 5.67. The lowest BCUT2D eigenvalue weighted by atomic mass is 10.1. The molecule has 3 heteroatoms. The summed E-state index contributed by atoms with van der Waals surface area (Å²) in [4.78, 5) is 2.62. The molecule has 1 aromatic carbocycles. The Morgan fingerprint density at radius 1 is 1.36 bits per heavy atom. The minimum absolute atomic E-state index is 0.149. The van der Waals surface area contributed by atoms with Crippen molar-refractivity contribution < 1.29 is 4.74 Å². The topological polar surface area (TPSA) is 21.3 Å². The summed E-state index contributed by atoms with van der Waals surface area (Å²) in [6.07, 6.45) is 0. The second kappa shape index (κ2) is 5.23. The van der Waals surface area contributed by atoms with E-state index in [-0.39, 0.29) is 6.04 Å². The molecule has 1 N–H and O–H groups in total. The number of ether oxygens (including phenoxy) is 1. The summed E-state index contributed by atoms with van der Waals surface area (Å²) >= 11 is 5.47. The Morgan fingerprint density at radius 3 is 2.43 bits per heavy atom. The van der Waals surface area contributed by atoms with Crippen molar-refractivity contribution in [3.05, 3.63) is 29.3 Å². The summed E-state index contributed by atoms with van der Waals surface area (Å²) in [7, 11) is 0. The van der Waals surface area contributed by atoms with E-state index in [1.807, 2.05) is 39.0 Å². The molecule has 1 atom stereocenters. The Morgan fingerprint density at radius 2 is 1.93 bits per heavy atom. The van der Waals surface area contributed by atoms with E-state index in [2.05, 4.69) is 4.84 Å².